The lowest BCUT2D eigenvalue weighted by molar-refractivity contribution is -0.140. The van der Waals surface area contributed by atoms with Crippen molar-refractivity contribution in [2.75, 3.05) is 31.1 Å². The van der Waals surface area contributed by atoms with Crippen molar-refractivity contribution in [3.8, 4) is 5.75 Å². The average Bonchev–Trinajstić information content (AvgIpc) is 3.63. The van der Waals surface area contributed by atoms with Gasteiger partial charge in [-0.15, -0.1) is 0 Å². The van der Waals surface area contributed by atoms with Gasteiger partial charge in [0.05, 0.1) is 6.61 Å². The number of aromatic nitrogens is 2. The minimum absolute atomic E-state index is 0.00441. The van der Waals surface area contributed by atoms with Crippen LogP contribution in [-0.4, -0.2) is 59.1 Å². The van der Waals surface area contributed by atoms with Crippen molar-refractivity contribution < 1.29 is 23.2 Å². The number of piperidine rings is 1. The highest BCUT2D eigenvalue weighted by atomic mass is 19.1. The van der Waals surface area contributed by atoms with E-state index in [1.54, 1.807) is 11.0 Å². The number of anilines is 1. The van der Waals surface area contributed by atoms with E-state index in [2.05, 4.69) is 15.0 Å². The molecule has 2 amide bonds. The summed E-state index contributed by atoms with van der Waals surface area (Å²) in [5.74, 6) is 0.561. The molecule has 1 aliphatic carbocycles. The van der Waals surface area contributed by atoms with E-state index in [1.807, 2.05) is 26.0 Å². The van der Waals surface area contributed by atoms with E-state index in [0.717, 1.165) is 43.5 Å². The summed E-state index contributed by atoms with van der Waals surface area (Å²) < 4.78 is 26.2. The number of benzene rings is 1. The number of nitrogens with zero attached hydrogens (tertiary/aromatic N) is 4. The Hall–Kier alpha value is -3.43. The number of ether oxygens (including phenoxy) is 1. The van der Waals surface area contributed by atoms with Crippen molar-refractivity contribution in [2.45, 2.75) is 70.8 Å². The standard InChI is InChI=1S/C29H38FN5O4/c1-18(2)27-32-29(39-33-27)34-14-11-19(12-15-34)17-38-25-10-9-22(16-23(25)30)20-5-7-21(8-6-20)28(37)35-13-3-4-24(35)26(31)36/h5,9-10,16,18-19,21,24H,3-4,6-8,11-15,17H2,1-2H3,(H2,31,36). The van der Waals surface area contributed by atoms with Crippen molar-refractivity contribution in [3.63, 3.8) is 0 Å². The molecule has 2 N–H and O–H groups in total. The number of likely N-dealkylation sites (tertiary alicyclic amines) is 1. The molecular formula is C29H38FN5O4. The molecule has 0 bridgehead atoms. The van der Waals surface area contributed by atoms with Gasteiger partial charge in [0.25, 0.3) is 0 Å². The van der Waals surface area contributed by atoms with Crippen LogP contribution in [0.25, 0.3) is 5.57 Å². The molecule has 2 aliphatic heterocycles. The molecule has 210 valence electrons. The highest BCUT2D eigenvalue weighted by Gasteiger charge is 2.36. The monoisotopic (exact) mass is 539 g/mol. The van der Waals surface area contributed by atoms with Crippen molar-refractivity contribution in [1.82, 2.24) is 15.0 Å². The molecule has 5 rings (SSSR count). The Morgan fingerprint density at radius 3 is 2.62 bits per heavy atom. The Labute approximate surface area is 228 Å². The first-order chi connectivity index (χ1) is 18.8. The van der Waals surface area contributed by atoms with Crippen molar-refractivity contribution in [3.05, 3.63) is 41.5 Å². The van der Waals surface area contributed by atoms with Crippen molar-refractivity contribution in [1.29, 1.82) is 0 Å². The second-order valence-corrected chi connectivity index (χ2v) is 11.3. The maximum absolute atomic E-state index is 14.9. The van der Waals surface area contributed by atoms with Gasteiger partial charge in [-0.05, 0) is 74.1 Å². The van der Waals surface area contributed by atoms with E-state index in [9.17, 15) is 14.0 Å². The lowest BCUT2D eigenvalue weighted by Crippen LogP contribution is -2.46. The zero-order chi connectivity index (χ0) is 27.5. The largest absolute Gasteiger partial charge is 0.490 e. The zero-order valence-electron chi connectivity index (χ0n) is 22.8. The van der Waals surface area contributed by atoms with Crippen LogP contribution in [0, 0.1) is 17.7 Å². The Morgan fingerprint density at radius 1 is 1.18 bits per heavy atom. The summed E-state index contributed by atoms with van der Waals surface area (Å²) in [6.45, 7) is 6.71. The fourth-order valence-corrected chi connectivity index (χ4v) is 5.79. The molecular weight excluding hydrogens is 501 g/mol. The second-order valence-electron chi connectivity index (χ2n) is 11.3. The number of carbonyl (C=O) groups is 2. The predicted molar refractivity (Wildman–Crippen MR) is 144 cm³/mol. The van der Waals surface area contributed by atoms with Gasteiger partial charge in [-0.25, -0.2) is 4.39 Å². The van der Waals surface area contributed by atoms with E-state index in [-0.39, 0.29) is 29.3 Å². The molecule has 3 heterocycles. The maximum Gasteiger partial charge on any atom is 0.324 e. The summed E-state index contributed by atoms with van der Waals surface area (Å²) >= 11 is 0. The number of hydrogen-bond donors (Lipinski definition) is 1. The van der Waals surface area contributed by atoms with Gasteiger partial charge in [-0.2, -0.15) is 4.98 Å². The number of halogens is 1. The molecule has 2 fully saturated rings. The van der Waals surface area contributed by atoms with Crippen LogP contribution in [0.2, 0.25) is 0 Å². The van der Waals surface area contributed by atoms with Crippen molar-refractivity contribution in [2.24, 2.45) is 17.6 Å². The van der Waals surface area contributed by atoms with Crippen LogP contribution in [0.5, 0.6) is 5.75 Å². The fraction of sp³-hybridized carbons (Fsp3) is 0.586. The molecule has 10 heteroatoms. The average molecular weight is 540 g/mol. The number of allylic oxidation sites excluding steroid dienone is 2. The van der Waals surface area contributed by atoms with Crippen LogP contribution in [0.4, 0.5) is 10.4 Å². The summed E-state index contributed by atoms with van der Waals surface area (Å²) in [5, 5.41) is 4.04. The molecule has 1 aromatic carbocycles. The van der Waals surface area contributed by atoms with E-state index < -0.39 is 11.9 Å². The lowest BCUT2D eigenvalue weighted by Gasteiger charge is -2.30. The molecule has 2 aromatic rings. The quantitative estimate of drug-likeness (QED) is 0.532. The van der Waals surface area contributed by atoms with Crippen LogP contribution < -0.4 is 15.4 Å². The first kappa shape index (κ1) is 27.1. The molecule has 39 heavy (non-hydrogen) atoms. The summed E-state index contributed by atoms with van der Waals surface area (Å²) in [5.41, 5.74) is 7.33. The maximum atomic E-state index is 14.9. The van der Waals surface area contributed by atoms with Crippen LogP contribution in [-0.2, 0) is 9.59 Å². The molecule has 0 saturated carbocycles. The minimum atomic E-state index is -0.486. The number of nitrogens with two attached hydrogens (primary N) is 1. The van der Waals surface area contributed by atoms with Gasteiger partial charge < -0.3 is 24.8 Å². The second kappa shape index (κ2) is 11.8. The third kappa shape index (κ3) is 6.09. The lowest BCUT2D eigenvalue weighted by atomic mass is 9.85. The summed E-state index contributed by atoms with van der Waals surface area (Å²) in [6, 6.07) is 5.20. The molecule has 2 saturated heterocycles. The smallest absolute Gasteiger partial charge is 0.324 e. The third-order valence-corrected chi connectivity index (χ3v) is 8.23. The molecule has 0 spiro atoms. The van der Waals surface area contributed by atoms with Gasteiger partial charge >= 0.3 is 6.01 Å². The van der Waals surface area contributed by atoms with Gasteiger partial charge in [-0.1, -0.05) is 31.1 Å². The summed E-state index contributed by atoms with van der Waals surface area (Å²) in [7, 11) is 0. The van der Waals surface area contributed by atoms with Gasteiger partial charge in [0, 0.05) is 31.5 Å². The van der Waals surface area contributed by atoms with E-state index in [1.165, 1.54) is 6.07 Å². The number of carbonyl (C=O) groups excluding carboxylic acids is 2. The summed E-state index contributed by atoms with van der Waals surface area (Å²) in [4.78, 5) is 32.9. The Kier molecular flexibility index (Phi) is 8.18. The molecule has 1 aromatic heterocycles. The fourth-order valence-electron chi connectivity index (χ4n) is 5.79. The molecule has 0 radical (unpaired) electrons. The number of rotatable bonds is 8. The van der Waals surface area contributed by atoms with Crippen LogP contribution in [0.3, 0.4) is 0 Å². The van der Waals surface area contributed by atoms with E-state index >= 15 is 0 Å². The molecule has 9 nitrogen and oxygen atoms in total. The Morgan fingerprint density at radius 2 is 1.97 bits per heavy atom. The predicted octanol–water partition coefficient (Wildman–Crippen LogP) is 4.29. The molecule has 2 unspecified atom stereocenters. The molecule has 3 aliphatic rings. The first-order valence-electron chi connectivity index (χ1n) is 14.1. The number of hydrogen-bond acceptors (Lipinski definition) is 7. The van der Waals surface area contributed by atoms with Crippen LogP contribution in [0.1, 0.15) is 76.1 Å². The number of primary amides is 1. The van der Waals surface area contributed by atoms with Gasteiger partial charge in [0.15, 0.2) is 17.4 Å². The van der Waals surface area contributed by atoms with Gasteiger partial charge in [0.2, 0.25) is 11.8 Å². The highest BCUT2D eigenvalue weighted by Crippen LogP contribution is 2.34. The van der Waals surface area contributed by atoms with Crippen LogP contribution in [0.15, 0.2) is 28.8 Å². The third-order valence-electron chi connectivity index (χ3n) is 8.23. The summed E-state index contributed by atoms with van der Waals surface area (Å²) in [6.07, 6.45) is 7.22. The first-order valence-corrected chi connectivity index (χ1v) is 14.1. The van der Waals surface area contributed by atoms with E-state index in [0.29, 0.717) is 56.6 Å². The SMILES string of the molecule is CC(C)c1noc(N2CCC(COc3ccc(C4=CCC(C(=O)N5CCCC5C(N)=O)CC4)cc3F)CC2)n1. The van der Waals surface area contributed by atoms with Crippen LogP contribution >= 0.6 is 0 Å². The normalized spacial score (nSPS) is 22.3. The number of amides is 2. The minimum Gasteiger partial charge on any atom is -0.490 e. The van der Waals surface area contributed by atoms with Gasteiger partial charge in [0.1, 0.15) is 6.04 Å². The topological polar surface area (TPSA) is 115 Å². The van der Waals surface area contributed by atoms with E-state index in [4.69, 9.17) is 15.0 Å². The Bertz CT molecular complexity index is 1220. The highest BCUT2D eigenvalue weighted by molar-refractivity contribution is 5.88. The van der Waals surface area contributed by atoms with Gasteiger partial charge in [-0.3, -0.25) is 9.59 Å². The molecule has 2 atom stereocenters. The zero-order valence-corrected chi connectivity index (χ0v) is 22.8. The van der Waals surface area contributed by atoms with Crippen molar-refractivity contribution >= 4 is 23.4 Å². The Balaban J connectivity index is 1.11.